The van der Waals surface area contributed by atoms with Crippen LogP contribution in [-0.2, 0) is 4.74 Å². The molecule has 1 atom stereocenters. The van der Waals surface area contributed by atoms with Crippen LogP contribution in [0.3, 0.4) is 0 Å². The predicted molar refractivity (Wildman–Crippen MR) is 76.1 cm³/mol. The van der Waals surface area contributed by atoms with Crippen LogP contribution in [0, 0.1) is 0 Å². The van der Waals surface area contributed by atoms with Gasteiger partial charge in [0.05, 0.1) is 19.3 Å². The van der Waals surface area contributed by atoms with Gasteiger partial charge in [0, 0.05) is 26.2 Å². The van der Waals surface area contributed by atoms with Crippen molar-refractivity contribution in [1.29, 1.82) is 0 Å². The van der Waals surface area contributed by atoms with Gasteiger partial charge in [0.1, 0.15) is 0 Å². The lowest BCUT2D eigenvalue weighted by molar-refractivity contribution is -0.0136. The normalized spacial score (nSPS) is 21.9. The van der Waals surface area contributed by atoms with E-state index in [1.165, 1.54) is 12.8 Å². The molecule has 0 aromatic heterocycles. The summed E-state index contributed by atoms with van der Waals surface area (Å²) in [6.07, 6.45) is 2.60. The van der Waals surface area contributed by atoms with Crippen LogP contribution in [0.1, 0.15) is 26.7 Å². The summed E-state index contributed by atoms with van der Waals surface area (Å²) in [5, 5.41) is 6.60. The van der Waals surface area contributed by atoms with E-state index in [1.54, 1.807) is 0 Å². The molecule has 1 aliphatic heterocycles. The van der Waals surface area contributed by atoms with Gasteiger partial charge in [-0.05, 0) is 20.4 Å². The molecule has 0 aromatic carbocycles. The number of nitrogens with zero attached hydrogens (tertiary/aromatic N) is 2. The van der Waals surface area contributed by atoms with E-state index in [2.05, 4.69) is 41.4 Å². The van der Waals surface area contributed by atoms with E-state index in [1.807, 2.05) is 0 Å². The first-order valence-electron chi connectivity index (χ1n) is 7.08. The van der Waals surface area contributed by atoms with Gasteiger partial charge in [0.15, 0.2) is 5.96 Å². The Kier molecular flexibility index (Phi) is 7.76. The summed E-state index contributed by atoms with van der Waals surface area (Å²) in [6.45, 7) is 9.69. The van der Waals surface area contributed by atoms with Crippen molar-refractivity contribution in [2.75, 3.05) is 46.4 Å². The average Bonchev–Trinajstić information content (AvgIpc) is 2.36. The summed E-state index contributed by atoms with van der Waals surface area (Å²) in [6, 6.07) is 0. The van der Waals surface area contributed by atoms with Gasteiger partial charge in [0.2, 0.25) is 0 Å². The fourth-order valence-corrected chi connectivity index (χ4v) is 1.90. The molecule has 0 spiro atoms. The molecule has 2 N–H and O–H groups in total. The SMILES string of the molecule is CCCCNC(=NCC1CN(C)CCO1)NCC. The van der Waals surface area contributed by atoms with E-state index in [0.717, 1.165) is 45.3 Å². The van der Waals surface area contributed by atoms with E-state index in [4.69, 9.17) is 4.74 Å². The van der Waals surface area contributed by atoms with Crippen LogP contribution in [0.2, 0.25) is 0 Å². The molecule has 0 amide bonds. The van der Waals surface area contributed by atoms with Crippen LogP contribution in [0.15, 0.2) is 4.99 Å². The summed E-state index contributed by atoms with van der Waals surface area (Å²) < 4.78 is 5.70. The van der Waals surface area contributed by atoms with Crippen molar-refractivity contribution in [3.05, 3.63) is 0 Å². The van der Waals surface area contributed by atoms with Crippen LogP contribution in [0.4, 0.5) is 0 Å². The highest BCUT2D eigenvalue weighted by atomic mass is 16.5. The Morgan fingerprint density at radius 2 is 2.22 bits per heavy atom. The highest BCUT2D eigenvalue weighted by Crippen LogP contribution is 2.02. The monoisotopic (exact) mass is 256 g/mol. The van der Waals surface area contributed by atoms with E-state index in [-0.39, 0.29) is 6.10 Å². The summed E-state index contributed by atoms with van der Waals surface area (Å²) in [7, 11) is 2.13. The molecular formula is C13H28N4O. The molecule has 0 saturated carbocycles. The molecule has 5 nitrogen and oxygen atoms in total. The molecule has 1 rings (SSSR count). The second-order valence-corrected chi connectivity index (χ2v) is 4.75. The lowest BCUT2D eigenvalue weighted by Gasteiger charge is -2.29. The Bertz CT molecular complexity index is 245. The van der Waals surface area contributed by atoms with Gasteiger partial charge in [-0.2, -0.15) is 0 Å². The van der Waals surface area contributed by atoms with Crippen molar-refractivity contribution in [3.63, 3.8) is 0 Å². The fourth-order valence-electron chi connectivity index (χ4n) is 1.90. The number of nitrogens with one attached hydrogen (secondary N) is 2. The zero-order chi connectivity index (χ0) is 13.2. The van der Waals surface area contributed by atoms with Crippen LogP contribution < -0.4 is 10.6 Å². The number of guanidine groups is 1. The molecule has 1 fully saturated rings. The average molecular weight is 256 g/mol. The molecule has 0 radical (unpaired) electrons. The Hall–Kier alpha value is -0.810. The van der Waals surface area contributed by atoms with Gasteiger partial charge < -0.3 is 20.3 Å². The quantitative estimate of drug-likeness (QED) is 0.417. The van der Waals surface area contributed by atoms with Crippen molar-refractivity contribution in [3.8, 4) is 0 Å². The minimum atomic E-state index is 0.227. The van der Waals surface area contributed by atoms with Gasteiger partial charge in [-0.3, -0.25) is 4.99 Å². The second-order valence-electron chi connectivity index (χ2n) is 4.75. The third-order valence-corrected chi connectivity index (χ3v) is 2.96. The van der Waals surface area contributed by atoms with Gasteiger partial charge >= 0.3 is 0 Å². The van der Waals surface area contributed by atoms with Crippen molar-refractivity contribution in [1.82, 2.24) is 15.5 Å². The highest BCUT2D eigenvalue weighted by Gasteiger charge is 2.17. The van der Waals surface area contributed by atoms with Crippen molar-refractivity contribution in [2.24, 2.45) is 4.99 Å². The van der Waals surface area contributed by atoms with Gasteiger partial charge in [-0.1, -0.05) is 13.3 Å². The topological polar surface area (TPSA) is 48.9 Å². The molecular weight excluding hydrogens is 228 g/mol. The van der Waals surface area contributed by atoms with E-state index in [9.17, 15) is 0 Å². The summed E-state index contributed by atoms with van der Waals surface area (Å²) in [4.78, 5) is 6.88. The van der Waals surface area contributed by atoms with E-state index in [0.29, 0.717) is 0 Å². The number of aliphatic imine (C=N–C) groups is 1. The number of hydrogen-bond donors (Lipinski definition) is 2. The Morgan fingerprint density at radius 1 is 1.39 bits per heavy atom. The number of likely N-dealkylation sites (N-methyl/N-ethyl adjacent to an activating group) is 1. The third-order valence-electron chi connectivity index (χ3n) is 2.96. The molecule has 1 saturated heterocycles. The molecule has 1 heterocycles. The molecule has 18 heavy (non-hydrogen) atoms. The first-order valence-corrected chi connectivity index (χ1v) is 7.08. The molecule has 106 valence electrons. The van der Waals surface area contributed by atoms with Crippen LogP contribution in [-0.4, -0.2) is 63.3 Å². The Morgan fingerprint density at radius 3 is 2.89 bits per heavy atom. The molecule has 0 aliphatic carbocycles. The van der Waals surface area contributed by atoms with Crippen molar-refractivity contribution >= 4 is 5.96 Å². The molecule has 1 aliphatic rings. The largest absolute Gasteiger partial charge is 0.374 e. The number of morpholine rings is 1. The summed E-state index contributed by atoms with van der Waals surface area (Å²) in [5.74, 6) is 0.905. The minimum Gasteiger partial charge on any atom is -0.374 e. The maximum absolute atomic E-state index is 5.70. The zero-order valence-corrected chi connectivity index (χ0v) is 12.0. The summed E-state index contributed by atoms with van der Waals surface area (Å²) in [5.41, 5.74) is 0. The fraction of sp³-hybridized carbons (Fsp3) is 0.923. The molecule has 0 bridgehead atoms. The van der Waals surface area contributed by atoms with Crippen molar-refractivity contribution < 1.29 is 4.74 Å². The number of rotatable bonds is 6. The van der Waals surface area contributed by atoms with Gasteiger partial charge in [0.25, 0.3) is 0 Å². The highest BCUT2D eigenvalue weighted by molar-refractivity contribution is 5.79. The summed E-state index contributed by atoms with van der Waals surface area (Å²) >= 11 is 0. The lowest BCUT2D eigenvalue weighted by Crippen LogP contribution is -2.43. The standard InChI is InChI=1S/C13H28N4O/c1-4-6-7-15-13(14-5-2)16-10-12-11-17(3)8-9-18-12/h12H,4-11H2,1-3H3,(H2,14,15,16). The molecule has 1 unspecified atom stereocenters. The maximum Gasteiger partial charge on any atom is 0.191 e. The second kappa shape index (κ2) is 9.16. The number of ether oxygens (including phenoxy) is 1. The Labute approximate surface area is 111 Å². The van der Waals surface area contributed by atoms with E-state index < -0.39 is 0 Å². The first kappa shape index (κ1) is 15.2. The van der Waals surface area contributed by atoms with Gasteiger partial charge in [-0.15, -0.1) is 0 Å². The first-order chi connectivity index (χ1) is 8.76. The lowest BCUT2D eigenvalue weighted by atomic mass is 10.3. The molecule has 5 heteroatoms. The van der Waals surface area contributed by atoms with Crippen LogP contribution >= 0.6 is 0 Å². The molecule has 0 aromatic rings. The van der Waals surface area contributed by atoms with Gasteiger partial charge in [-0.25, -0.2) is 0 Å². The minimum absolute atomic E-state index is 0.227. The zero-order valence-electron chi connectivity index (χ0n) is 12.0. The number of hydrogen-bond acceptors (Lipinski definition) is 3. The van der Waals surface area contributed by atoms with E-state index >= 15 is 0 Å². The van der Waals surface area contributed by atoms with Crippen LogP contribution in [0.5, 0.6) is 0 Å². The smallest absolute Gasteiger partial charge is 0.191 e. The van der Waals surface area contributed by atoms with Crippen LogP contribution in [0.25, 0.3) is 0 Å². The maximum atomic E-state index is 5.70. The third kappa shape index (κ3) is 6.21. The predicted octanol–water partition coefficient (Wildman–Crippen LogP) is 0.672. The Balaban J connectivity index is 2.33. The number of unbranched alkanes of at least 4 members (excludes halogenated alkanes) is 1. The van der Waals surface area contributed by atoms with Crippen molar-refractivity contribution in [2.45, 2.75) is 32.8 Å².